The highest BCUT2D eigenvalue weighted by Crippen LogP contribution is 2.29. The fourth-order valence-corrected chi connectivity index (χ4v) is 4.34. The highest BCUT2D eigenvalue weighted by molar-refractivity contribution is 7.14. The molecule has 2 N–H and O–H groups in total. The maximum atomic E-state index is 11.0. The largest absolute Gasteiger partial charge is 0.489 e. The van der Waals surface area contributed by atoms with Gasteiger partial charge in [-0.15, -0.1) is 11.3 Å². The van der Waals surface area contributed by atoms with Gasteiger partial charge in [0.2, 0.25) is 0 Å². The fraction of sp³-hybridized carbons (Fsp3) is 0.0345. The van der Waals surface area contributed by atoms with E-state index in [1.807, 2.05) is 47.8 Å². The molecule has 4 aromatic carbocycles. The molecule has 0 aliphatic rings. The third-order valence-corrected chi connectivity index (χ3v) is 6.26. The standard InChI is InChI=1S/C29H22N2O3S/c32-28(33)24-10-14-25(15-11-24)30-29-31-27(19-35-29)23-12-16-26(17-13-23)34-18-20-6-8-22(9-7-20)21-4-2-1-3-5-21/h1-17,19H,18H2,(H,30,31)(H,32,33). The molecule has 0 spiro atoms. The molecule has 35 heavy (non-hydrogen) atoms. The number of carboxylic acid groups (broad SMARTS) is 1. The van der Waals surface area contributed by atoms with Crippen LogP contribution in [0, 0.1) is 0 Å². The monoisotopic (exact) mass is 478 g/mol. The van der Waals surface area contributed by atoms with Crippen molar-refractivity contribution in [2.45, 2.75) is 6.61 Å². The van der Waals surface area contributed by atoms with Crippen LogP contribution in [0.1, 0.15) is 15.9 Å². The number of hydrogen-bond donors (Lipinski definition) is 2. The SMILES string of the molecule is O=C(O)c1ccc(Nc2nc(-c3ccc(OCc4ccc(-c5ccccc5)cc4)cc3)cs2)cc1. The Morgan fingerprint density at radius 1 is 0.800 bits per heavy atom. The maximum absolute atomic E-state index is 11.0. The summed E-state index contributed by atoms with van der Waals surface area (Å²) < 4.78 is 5.97. The lowest BCUT2D eigenvalue weighted by atomic mass is 10.0. The van der Waals surface area contributed by atoms with Crippen molar-refractivity contribution >= 4 is 28.1 Å². The summed E-state index contributed by atoms with van der Waals surface area (Å²) in [5.41, 5.74) is 6.40. The molecule has 0 bridgehead atoms. The van der Waals surface area contributed by atoms with Crippen LogP contribution in [0.15, 0.2) is 109 Å². The Bertz CT molecular complexity index is 1410. The summed E-state index contributed by atoms with van der Waals surface area (Å²) in [4.78, 5) is 15.6. The molecule has 1 heterocycles. The summed E-state index contributed by atoms with van der Waals surface area (Å²) >= 11 is 1.49. The van der Waals surface area contributed by atoms with Crippen LogP contribution >= 0.6 is 11.3 Å². The van der Waals surface area contributed by atoms with Crippen LogP contribution in [0.5, 0.6) is 5.75 Å². The van der Waals surface area contributed by atoms with E-state index >= 15 is 0 Å². The van der Waals surface area contributed by atoms with Crippen molar-refractivity contribution in [3.05, 3.63) is 120 Å². The Balaban J connectivity index is 1.18. The number of nitrogens with zero attached hydrogens (tertiary/aromatic N) is 1. The molecule has 5 aromatic rings. The Kier molecular flexibility index (Phi) is 6.55. The number of ether oxygens (including phenoxy) is 1. The minimum atomic E-state index is -0.943. The van der Waals surface area contributed by atoms with E-state index in [0.29, 0.717) is 6.61 Å². The van der Waals surface area contributed by atoms with Gasteiger partial charge in [0, 0.05) is 16.6 Å². The average Bonchev–Trinajstić information content (AvgIpc) is 3.37. The van der Waals surface area contributed by atoms with E-state index in [9.17, 15) is 4.79 Å². The number of carboxylic acids is 1. The van der Waals surface area contributed by atoms with Crippen LogP contribution in [0.4, 0.5) is 10.8 Å². The van der Waals surface area contributed by atoms with E-state index in [-0.39, 0.29) is 5.56 Å². The van der Waals surface area contributed by atoms with Crippen molar-refractivity contribution < 1.29 is 14.6 Å². The summed E-state index contributed by atoms with van der Waals surface area (Å²) in [5, 5.41) is 15.0. The molecule has 0 aliphatic carbocycles. The topological polar surface area (TPSA) is 71.5 Å². The summed E-state index contributed by atoms with van der Waals surface area (Å²) in [7, 11) is 0. The van der Waals surface area contributed by atoms with Gasteiger partial charge in [-0.25, -0.2) is 9.78 Å². The lowest BCUT2D eigenvalue weighted by molar-refractivity contribution is 0.0697. The molecule has 0 saturated carbocycles. The van der Waals surface area contributed by atoms with Crippen LogP contribution in [0.25, 0.3) is 22.4 Å². The number of aromatic carboxylic acids is 1. The highest BCUT2D eigenvalue weighted by Gasteiger charge is 2.07. The molecule has 0 fully saturated rings. The van der Waals surface area contributed by atoms with Crippen LogP contribution in [0.3, 0.4) is 0 Å². The minimum absolute atomic E-state index is 0.252. The summed E-state index contributed by atoms with van der Waals surface area (Å²) in [5.74, 6) is -0.144. The molecular weight excluding hydrogens is 456 g/mol. The first kappa shape index (κ1) is 22.4. The number of benzene rings is 4. The number of nitrogens with one attached hydrogen (secondary N) is 1. The molecule has 5 rings (SSSR count). The highest BCUT2D eigenvalue weighted by atomic mass is 32.1. The first-order chi connectivity index (χ1) is 17.1. The third kappa shape index (κ3) is 5.57. The molecule has 0 unspecified atom stereocenters. The van der Waals surface area contributed by atoms with E-state index in [0.717, 1.165) is 33.4 Å². The van der Waals surface area contributed by atoms with Gasteiger partial charge in [0.15, 0.2) is 5.13 Å². The first-order valence-corrected chi connectivity index (χ1v) is 12.0. The van der Waals surface area contributed by atoms with Crippen molar-refractivity contribution in [3.8, 4) is 28.1 Å². The Hall–Kier alpha value is -4.42. The van der Waals surface area contributed by atoms with Gasteiger partial charge in [0.05, 0.1) is 11.3 Å². The van der Waals surface area contributed by atoms with E-state index < -0.39 is 5.97 Å². The molecule has 172 valence electrons. The number of carbonyl (C=O) groups is 1. The first-order valence-electron chi connectivity index (χ1n) is 11.1. The second-order valence-corrected chi connectivity index (χ2v) is 8.78. The normalized spacial score (nSPS) is 10.6. The van der Waals surface area contributed by atoms with E-state index in [2.05, 4.69) is 46.7 Å². The second kappa shape index (κ2) is 10.2. The van der Waals surface area contributed by atoms with E-state index in [1.165, 1.54) is 22.5 Å². The van der Waals surface area contributed by atoms with Crippen LogP contribution in [0.2, 0.25) is 0 Å². The Morgan fingerprint density at radius 3 is 2.14 bits per heavy atom. The van der Waals surface area contributed by atoms with Gasteiger partial charge < -0.3 is 15.2 Å². The number of anilines is 2. The van der Waals surface area contributed by atoms with Crippen molar-refractivity contribution in [2.24, 2.45) is 0 Å². The smallest absolute Gasteiger partial charge is 0.335 e. The van der Waals surface area contributed by atoms with Crippen molar-refractivity contribution in [3.63, 3.8) is 0 Å². The summed E-state index contributed by atoms with van der Waals surface area (Å²) in [6.45, 7) is 0.500. The molecule has 0 radical (unpaired) electrons. The van der Waals surface area contributed by atoms with Crippen molar-refractivity contribution in [2.75, 3.05) is 5.32 Å². The number of hydrogen-bond acceptors (Lipinski definition) is 5. The number of aromatic nitrogens is 1. The molecular formula is C29H22N2O3S. The minimum Gasteiger partial charge on any atom is -0.489 e. The Labute approximate surface area is 207 Å². The van der Waals surface area contributed by atoms with Crippen molar-refractivity contribution in [1.29, 1.82) is 0 Å². The van der Waals surface area contributed by atoms with Gasteiger partial charge in [-0.05, 0) is 65.2 Å². The zero-order valence-electron chi connectivity index (χ0n) is 18.7. The lowest BCUT2D eigenvalue weighted by Crippen LogP contribution is -1.96. The second-order valence-electron chi connectivity index (χ2n) is 7.92. The van der Waals surface area contributed by atoms with Gasteiger partial charge >= 0.3 is 5.97 Å². The summed E-state index contributed by atoms with van der Waals surface area (Å²) in [6.07, 6.45) is 0. The van der Waals surface area contributed by atoms with Gasteiger partial charge in [-0.2, -0.15) is 0 Å². The van der Waals surface area contributed by atoms with Gasteiger partial charge in [-0.3, -0.25) is 0 Å². The predicted octanol–water partition coefficient (Wildman–Crippen LogP) is 7.50. The zero-order valence-corrected chi connectivity index (χ0v) is 19.5. The van der Waals surface area contributed by atoms with E-state index in [4.69, 9.17) is 9.84 Å². The molecule has 0 saturated heterocycles. The molecule has 5 nitrogen and oxygen atoms in total. The van der Waals surface area contributed by atoms with E-state index in [1.54, 1.807) is 24.3 Å². The fourth-order valence-electron chi connectivity index (χ4n) is 3.60. The summed E-state index contributed by atoms with van der Waals surface area (Å²) in [6, 6.07) is 33.2. The molecule has 6 heteroatoms. The van der Waals surface area contributed by atoms with Crippen LogP contribution < -0.4 is 10.1 Å². The Morgan fingerprint density at radius 2 is 1.46 bits per heavy atom. The quantitative estimate of drug-likeness (QED) is 0.242. The molecule has 1 aromatic heterocycles. The van der Waals surface area contributed by atoms with Crippen LogP contribution in [-0.2, 0) is 6.61 Å². The van der Waals surface area contributed by atoms with Crippen LogP contribution in [-0.4, -0.2) is 16.1 Å². The van der Waals surface area contributed by atoms with Crippen molar-refractivity contribution in [1.82, 2.24) is 4.98 Å². The molecule has 0 amide bonds. The average molecular weight is 479 g/mol. The van der Waals surface area contributed by atoms with Gasteiger partial charge in [0.25, 0.3) is 0 Å². The molecule has 0 aliphatic heterocycles. The lowest BCUT2D eigenvalue weighted by Gasteiger charge is -2.08. The third-order valence-electron chi connectivity index (χ3n) is 5.50. The van der Waals surface area contributed by atoms with Gasteiger partial charge in [0.1, 0.15) is 12.4 Å². The molecule has 0 atom stereocenters. The van der Waals surface area contributed by atoms with Gasteiger partial charge in [-0.1, -0.05) is 54.6 Å². The zero-order chi connectivity index (χ0) is 24.0. The maximum Gasteiger partial charge on any atom is 0.335 e. The number of rotatable bonds is 8. The predicted molar refractivity (Wildman–Crippen MR) is 140 cm³/mol. The number of thiazole rings is 1.